The fraction of sp³-hybridized carbons (Fsp3) is 0.158. The summed E-state index contributed by atoms with van der Waals surface area (Å²) in [6.07, 6.45) is 0. The highest BCUT2D eigenvalue weighted by Gasteiger charge is 2.45. The van der Waals surface area contributed by atoms with E-state index in [2.05, 4.69) is 0 Å². The molecule has 2 aromatic rings. The maximum atomic E-state index is 12.7. The van der Waals surface area contributed by atoms with Gasteiger partial charge in [-0.05, 0) is 25.1 Å². The highest BCUT2D eigenvalue weighted by molar-refractivity contribution is 6.16. The average Bonchev–Trinajstić information content (AvgIpc) is 2.93. The van der Waals surface area contributed by atoms with Crippen molar-refractivity contribution in [3.05, 3.63) is 75.5 Å². The van der Waals surface area contributed by atoms with Crippen LogP contribution in [0.1, 0.15) is 18.5 Å². The van der Waals surface area contributed by atoms with E-state index in [-0.39, 0.29) is 16.8 Å². The molecule has 0 aromatic heterocycles. The normalized spacial score (nSPS) is 16.6. The van der Waals surface area contributed by atoms with Gasteiger partial charge in [0.1, 0.15) is 11.8 Å². The van der Waals surface area contributed by atoms with Gasteiger partial charge in [0.05, 0.1) is 23.2 Å². The zero-order valence-electron chi connectivity index (χ0n) is 14.6. The molecule has 1 amide bonds. The molecule has 1 aliphatic heterocycles. The molecule has 1 N–H and O–H groups in total. The summed E-state index contributed by atoms with van der Waals surface area (Å²) < 4.78 is 5.16. The number of carbonyl (C=O) groups is 2. The zero-order valence-corrected chi connectivity index (χ0v) is 14.6. The average molecular weight is 368 g/mol. The van der Waals surface area contributed by atoms with Gasteiger partial charge in [-0.25, -0.2) is 0 Å². The number of nitro groups is 1. The van der Waals surface area contributed by atoms with Crippen LogP contribution in [0.4, 0.5) is 11.4 Å². The molecule has 27 heavy (non-hydrogen) atoms. The number of ether oxygens (including phenoxy) is 1. The van der Waals surface area contributed by atoms with E-state index >= 15 is 0 Å². The van der Waals surface area contributed by atoms with Crippen molar-refractivity contribution in [2.24, 2.45) is 0 Å². The van der Waals surface area contributed by atoms with Crippen molar-refractivity contribution in [3.63, 3.8) is 0 Å². The molecule has 1 heterocycles. The van der Waals surface area contributed by atoms with Crippen LogP contribution in [-0.2, 0) is 9.59 Å². The summed E-state index contributed by atoms with van der Waals surface area (Å²) in [5.74, 6) is -1.61. The number of carbonyl (C=O) groups excluding carboxylic acids is 2. The monoisotopic (exact) mass is 368 g/mol. The van der Waals surface area contributed by atoms with E-state index in [0.717, 1.165) is 4.90 Å². The van der Waals surface area contributed by atoms with E-state index in [0.29, 0.717) is 11.4 Å². The first kappa shape index (κ1) is 18.1. The topological polar surface area (TPSA) is 110 Å². The third-order valence-electron chi connectivity index (χ3n) is 4.35. The number of benzene rings is 2. The Morgan fingerprint density at radius 2 is 1.93 bits per heavy atom. The summed E-state index contributed by atoms with van der Waals surface area (Å²) in [7, 11) is 1.46. The minimum atomic E-state index is -1.12. The number of methoxy groups -OCH3 is 1. The van der Waals surface area contributed by atoms with Crippen LogP contribution in [0.25, 0.3) is 0 Å². The number of nitrogens with zero attached hydrogens (tertiary/aromatic N) is 2. The molecule has 0 saturated heterocycles. The van der Waals surface area contributed by atoms with Crippen LogP contribution in [0, 0.1) is 10.1 Å². The molecule has 1 atom stereocenters. The Morgan fingerprint density at radius 1 is 1.22 bits per heavy atom. The lowest BCUT2D eigenvalue weighted by atomic mass is 9.95. The molecular formula is C19H16N2O6. The molecule has 0 fully saturated rings. The van der Waals surface area contributed by atoms with Crippen LogP contribution < -0.4 is 9.64 Å². The third kappa shape index (κ3) is 3.01. The quantitative estimate of drug-likeness (QED) is 0.641. The molecule has 1 unspecified atom stereocenters. The highest BCUT2D eigenvalue weighted by Crippen LogP contribution is 2.44. The second-order valence-corrected chi connectivity index (χ2v) is 5.91. The minimum Gasteiger partial charge on any atom is -0.503 e. The number of aliphatic hydroxyl groups excluding tert-OH is 1. The predicted octanol–water partition coefficient (Wildman–Crippen LogP) is 3.09. The lowest BCUT2D eigenvalue weighted by Crippen LogP contribution is -2.31. The Morgan fingerprint density at radius 3 is 2.56 bits per heavy atom. The standard InChI is InChI=1S/C19H16N2O6/c1-11(22)16-17(14-8-3-4-9-15(14)21(25)26)20(19(24)18(16)23)12-6-5-7-13(10-12)27-2/h3-10,17,23H,1-2H3. The van der Waals surface area contributed by atoms with Crippen LogP contribution in [0.15, 0.2) is 59.9 Å². The second kappa shape index (κ2) is 6.91. The molecule has 2 aromatic carbocycles. The lowest BCUT2D eigenvalue weighted by Gasteiger charge is -2.26. The fourth-order valence-corrected chi connectivity index (χ4v) is 3.17. The maximum absolute atomic E-state index is 12.7. The number of hydrogen-bond donors (Lipinski definition) is 1. The van der Waals surface area contributed by atoms with Gasteiger partial charge in [0.25, 0.3) is 11.6 Å². The third-order valence-corrected chi connectivity index (χ3v) is 4.35. The molecule has 1 aliphatic rings. The van der Waals surface area contributed by atoms with Crippen molar-refractivity contribution in [2.45, 2.75) is 13.0 Å². The van der Waals surface area contributed by atoms with Crippen LogP contribution in [0.5, 0.6) is 5.75 Å². The second-order valence-electron chi connectivity index (χ2n) is 5.91. The first-order valence-corrected chi connectivity index (χ1v) is 8.01. The summed E-state index contributed by atoms with van der Waals surface area (Å²) in [6, 6.07) is 11.2. The smallest absolute Gasteiger partial charge is 0.294 e. The fourth-order valence-electron chi connectivity index (χ4n) is 3.17. The Balaban J connectivity index is 2.26. The van der Waals surface area contributed by atoms with E-state index in [9.17, 15) is 24.8 Å². The Kier molecular flexibility index (Phi) is 4.64. The first-order valence-electron chi connectivity index (χ1n) is 8.01. The molecule has 0 aliphatic carbocycles. The number of rotatable bonds is 5. The summed E-state index contributed by atoms with van der Waals surface area (Å²) in [5.41, 5.74) is 0.0342. The number of nitro benzene ring substituents is 1. The number of aliphatic hydroxyl groups is 1. The predicted molar refractivity (Wildman–Crippen MR) is 96.7 cm³/mol. The van der Waals surface area contributed by atoms with Gasteiger partial charge in [0.15, 0.2) is 11.5 Å². The van der Waals surface area contributed by atoms with Crippen LogP contribution in [0.3, 0.4) is 0 Å². The Labute approximate surface area is 154 Å². The molecule has 8 heteroatoms. The number of amides is 1. The number of Topliss-reactive ketones (excluding diaryl/α,β-unsaturated/α-hetero) is 1. The molecule has 138 valence electrons. The van der Waals surface area contributed by atoms with Gasteiger partial charge in [-0.1, -0.05) is 18.2 Å². The molecular weight excluding hydrogens is 352 g/mol. The number of ketones is 1. The molecule has 0 saturated carbocycles. The van der Waals surface area contributed by atoms with E-state index in [1.54, 1.807) is 30.3 Å². The van der Waals surface area contributed by atoms with Gasteiger partial charge in [0.2, 0.25) is 0 Å². The summed E-state index contributed by atoms with van der Waals surface area (Å²) in [4.78, 5) is 37.0. The van der Waals surface area contributed by atoms with Gasteiger partial charge in [0, 0.05) is 17.8 Å². The summed E-state index contributed by atoms with van der Waals surface area (Å²) >= 11 is 0. The molecule has 0 spiro atoms. The molecule has 8 nitrogen and oxygen atoms in total. The lowest BCUT2D eigenvalue weighted by molar-refractivity contribution is -0.385. The minimum absolute atomic E-state index is 0.132. The van der Waals surface area contributed by atoms with Crippen molar-refractivity contribution in [1.29, 1.82) is 0 Å². The van der Waals surface area contributed by atoms with Crippen molar-refractivity contribution in [3.8, 4) is 5.75 Å². The van der Waals surface area contributed by atoms with Gasteiger partial charge in [-0.2, -0.15) is 0 Å². The largest absolute Gasteiger partial charge is 0.503 e. The van der Waals surface area contributed by atoms with Crippen molar-refractivity contribution < 1.29 is 24.4 Å². The van der Waals surface area contributed by atoms with Crippen LogP contribution in [-0.4, -0.2) is 28.8 Å². The molecule has 0 bridgehead atoms. The van der Waals surface area contributed by atoms with Gasteiger partial charge in [-0.15, -0.1) is 0 Å². The van der Waals surface area contributed by atoms with Crippen molar-refractivity contribution >= 4 is 23.1 Å². The number of para-hydroxylation sites is 1. The molecule has 0 radical (unpaired) electrons. The first-order chi connectivity index (χ1) is 12.9. The Hall–Kier alpha value is -3.68. The highest BCUT2D eigenvalue weighted by atomic mass is 16.6. The van der Waals surface area contributed by atoms with E-state index in [4.69, 9.17) is 4.74 Å². The van der Waals surface area contributed by atoms with E-state index in [1.807, 2.05) is 0 Å². The van der Waals surface area contributed by atoms with E-state index in [1.165, 1.54) is 32.2 Å². The molecule has 3 rings (SSSR count). The van der Waals surface area contributed by atoms with Gasteiger partial charge < -0.3 is 9.84 Å². The van der Waals surface area contributed by atoms with Crippen molar-refractivity contribution in [2.75, 3.05) is 12.0 Å². The van der Waals surface area contributed by atoms with Crippen LogP contribution >= 0.6 is 0 Å². The zero-order chi connectivity index (χ0) is 19.7. The van der Waals surface area contributed by atoms with Gasteiger partial charge in [-0.3, -0.25) is 24.6 Å². The van der Waals surface area contributed by atoms with E-state index < -0.39 is 28.4 Å². The number of anilines is 1. The summed E-state index contributed by atoms with van der Waals surface area (Å²) in [5, 5.41) is 21.8. The SMILES string of the molecule is COc1cccc(N2C(=O)C(O)=C(C(C)=O)C2c2ccccc2[N+](=O)[O-])c1. The Bertz CT molecular complexity index is 982. The van der Waals surface area contributed by atoms with Crippen LogP contribution in [0.2, 0.25) is 0 Å². The maximum Gasteiger partial charge on any atom is 0.294 e. The number of hydrogen-bond acceptors (Lipinski definition) is 6. The summed E-state index contributed by atoms with van der Waals surface area (Å²) in [6.45, 7) is 1.20. The van der Waals surface area contributed by atoms with Crippen molar-refractivity contribution in [1.82, 2.24) is 0 Å². The van der Waals surface area contributed by atoms with Gasteiger partial charge >= 0.3 is 0 Å².